The van der Waals surface area contributed by atoms with Gasteiger partial charge >= 0.3 is 0 Å². The molecule has 98 valence electrons. The van der Waals surface area contributed by atoms with Crippen LogP contribution in [0.4, 0.5) is 5.69 Å². The predicted octanol–water partition coefficient (Wildman–Crippen LogP) is 5.61. The normalized spacial score (nSPS) is 10.3. The van der Waals surface area contributed by atoms with Crippen LogP contribution in [-0.2, 0) is 0 Å². The summed E-state index contributed by atoms with van der Waals surface area (Å²) in [6.45, 7) is 0. The zero-order valence-corrected chi connectivity index (χ0v) is 14.6. The van der Waals surface area contributed by atoms with E-state index < -0.39 is 0 Å². The van der Waals surface area contributed by atoms with E-state index in [9.17, 15) is 4.79 Å². The first-order chi connectivity index (χ1) is 8.97. The molecule has 0 aliphatic carbocycles. The van der Waals surface area contributed by atoms with Crippen molar-refractivity contribution in [2.75, 3.05) is 5.32 Å². The zero-order chi connectivity index (χ0) is 14.0. The molecule has 2 rings (SSSR count). The molecule has 0 aromatic heterocycles. The molecule has 0 aliphatic heterocycles. The minimum Gasteiger partial charge on any atom is -0.321 e. The van der Waals surface area contributed by atoms with Gasteiger partial charge in [-0.25, -0.2) is 0 Å². The van der Waals surface area contributed by atoms with Gasteiger partial charge in [-0.05, 0) is 74.9 Å². The van der Waals surface area contributed by atoms with Crippen molar-refractivity contribution >= 4 is 73.3 Å². The Labute approximate surface area is 142 Å². The highest BCUT2D eigenvalue weighted by Crippen LogP contribution is 2.26. The lowest BCUT2D eigenvalue weighted by Crippen LogP contribution is -2.12. The molecule has 19 heavy (non-hydrogen) atoms. The number of nitrogens with one attached hydrogen (secondary N) is 1. The molecule has 2 nitrogen and oxygen atoms in total. The summed E-state index contributed by atoms with van der Waals surface area (Å²) in [5.41, 5.74) is 1.09. The third-order valence-electron chi connectivity index (χ3n) is 2.36. The van der Waals surface area contributed by atoms with Crippen LogP contribution < -0.4 is 5.32 Å². The Balaban J connectivity index is 2.23. The second-order valence-corrected chi connectivity index (χ2v) is 6.62. The van der Waals surface area contributed by atoms with Gasteiger partial charge in [-0.15, -0.1) is 0 Å². The Morgan fingerprint density at radius 1 is 1.11 bits per heavy atom. The summed E-state index contributed by atoms with van der Waals surface area (Å²) in [7, 11) is 0. The largest absolute Gasteiger partial charge is 0.321 e. The first-order valence-corrected chi connectivity index (χ1v) is 7.81. The highest BCUT2D eigenvalue weighted by Gasteiger charge is 2.10. The number of benzene rings is 2. The van der Waals surface area contributed by atoms with Gasteiger partial charge in [0.05, 0.1) is 15.7 Å². The average Bonchev–Trinajstić information content (AvgIpc) is 2.36. The lowest BCUT2D eigenvalue weighted by atomic mass is 10.2. The molecule has 1 amide bonds. The molecular weight excluding hydrogens is 464 g/mol. The second kappa shape index (κ2) is 6.43. The molecule has 1 N–H and O–H groups in total. The molecule has 0 atom stereocenters. The van der Waals surface area contributed by atoms with Crippen molar-refractivity contribution in [3.8, 4) is 0 Å². The average molecular weight is 471 g/mol. The number of halogens is 4. The molecule has 0 unspecified atom stereocenters. The van der Waals surface area contributed by atoms with Crippen LogP contribution in [0.1, 0.15) is 10.4 Å². The maximum absolute atomic E-state index is 12.1. The van der Waals surface area contributed by atoms with Crippen LogP contribution in [0, 0.1) is 3.57 Å². The van der Waals surface area contributed by atoms with Gasteiger partial charge in [0.1, 0.15) is 0 Å². The number of rotatable bonds is 2. The summed E-state index contributed by atoms with van der Waals surface area (Å²) >= 11 is 17.4. The van der Waals surface area contributed by atoms with Gasteiger partial charge in [-0.1, -0.05) is 23.2 Å². The van der Waals surface area contributed by atoms with E-state index in [1.165, 1.54) is 0 Å². The fourth-order valence-corrected chi connectivity index (χ4v) is 2.82. The molecule has 2 aromatic rings. The first kappa shape index (κ1) is 15.1. The number of hydrogen-bond donors (Lipinski definition) is 1. The Hall–Kier alpha value is -0.300. The Bertz CT molecular complexity index is 649. The highest BCUT2D eigenvalue weighted by molar-refractivity contribution is 14.1. The second-order valence-electron chi connectivity index (χ2n) is 3.71. The Kier molecular flexibility index (Phi) is 5.11. The maximum atomic E-state index is 12.1. The molecule has 0 aliphatic rings. The van der Waals surface area contributed by atoms with E-state index in [0.29, 0.717) is 25.8 Å². The smallest absolute Gasteiger partial charge is 0.255 e. The van der Waals surface area contributed by atoms with E-state index in [-0.39, 0.29) is 5.91 Å². The SMILES string of the molecule is O=C(Nc1ccc(I)cc1Cl)c1ccc(Cl)c(Br)c1. The molecule has 2 aromatic carbocycles. The molecule has 0 spiro atoms. The monoisotopic (exact) mass is 469 g/mol. The molecule has 0 radical (unpaired) electrons. The number of anilines is 1. The number of carbonyl (C=O) groups excluding carboxylic acids is 1. The number of hydrogen-bond acceptors (Lipinski definition) is 1. The summed E-state index contributed by atoms with van der Waals surface area (Å²) in [6, 6.07) is 10.4. The van der Waals surface area contributed by atoms with Crippen molar-refractivity contribution in [1.82, 2.24) is 0 Å². The molecule has 0 saturated heterocycles. The van der Waals surface area contributed by atoms with E-state index >= 15 is 0 Å². The van der Waals surface area contributed by atoms with Gasteiger partial charge in [0, 0.05) is 13.6 Å². The third-order valence-corrected chi connectivity index (χ3v) is 4.56. The topological polar surface area (TPSA) is 29.1 Å². The number of amides is 1. The molecule has 0 heterocycles. The minimum absolute atomic E-state index is 0.236. The van der Waals surface area contributed by atoms with Crippen LogP contribution in [0.2, 0.25) is 10.0 Å². The van der Waals surface area contributed by atoms with E-state index in [1.54, 1.807) is 30.3 Å². The number of carbonyl (C=O) groups is 1. The minimum atomic E-state index is -0.236. The summed E-state index contributed by atoms with van der Waals surface area (Å²) in [5, 5.41) is 3.83. The first-order valence-electron chi connectivity index (χ1n) is 5.19. The van der Waals surface area contributed by atoms with Gasteiger partial charge in [0.25, 0.3) is 5.91 Å². The maximum Gasteiger partial charge on any atom is 0.255 e. The lowest BCUT2D eigenvalue weighted by molar-refractivity contribution is 0.102. The lowest BCUT2D eigenvalue weighted by Gasteiger charge is -2.08. The summed E-state index contributed by atoms with van der Waals surface area (Å²) in [6.07, 6.45) is 0. The van der Waals surface area contributed by atoms with Crippen molar-refractivity contribution in [1.29, 1.82) is 0 Å². The van der Waals surface area contributed by atoms with Gasteiger partial charge in [-0.2, -0.15) is 0 Å². The van der Waals surface area contributed by atoms with Crippen LogP contribution in [-0.4, -0.2) is 5.91 Å². The quantitative estimate of drug-likeness (QED) is 0.568. The Morgan fingerprint density at radius 2 is 1.84 bits per heavy atom. The fraction of sp³-hybridized carbons (Fsp3) is 0. The van der Waals surface area contributed by atoms with Gasteiger partial charge in [0.15, 0.2) is 0 Å². The standard InChI is InChI=1S/C13H7BrCl2INO/c14-9-5-7(1-3-10(9)15)13(19)18-12-4-2-8(17)6-11(12)16/h1-6H,(H,18,19). The van der Waals surface area contributed by atoms with Crippen molar-refractivity contribution in [2.24, 2.45) is 0 Å². The summed E-state index contributed by atoms with van der Waals surface area (Å²) in [4.78, 5) is 12.1. The van der Waals surface area contributed by atoms with Crippen LogP contribution >= 0.6 is 61.7 Å². The molecular formula is C13H7BrCl2INO. The zero-order valence-electron chi connectivity index (χ0n) is 9.38. The fourth-order valence-electron chi connectivity index (χ4n) is 1.42. The Morgan fingerprint density at radius 3 is 2.47 bits per heavy atom. The van der Waals surface area contributed by atoms with Gasteiger partial charge < -0.3 is 5.32 Å². The van der Waals surface area contributed by atoms with Crippen molar-refractivity contribution in [3.05, 3.63) is 60.0 Å². The van der Waals surface area contributed by atoms with Gasteiger partial charge in [0.2, 0.25) is 0 Å². The van der Waals surface area contributed by atoms with Crippen LogP contribution in [0.15, 0.2) is 40.9 Å². The van der Waals surface area contributed by atoms with E-state index in [0.717, 1.165) is 3.57 Å². The summed E-state index contributed by atoms with van der Waals surface area (Å²) in [5.74, 6) is -0.236. The summed E-state index contributed by atoms with van der Waals surface area (Å²) < 4.78 is 1.69. The van der Waals surface area contributed by atoms with Crippen molar-refractivity contribution < 1.29 is 4.79 Å². The third kappa shape index (κ3) is 3.84. The van der Waals surface area contributed by atoms with Crippen LogP contribution in [0.3, 0.4) is 0 Å². The van der Waals surface area contributed by atoms with E-state index in [4.69, 9.17) is 23.2 Å². The molecule has 0 bridgehead atoms. The molecule has 6 heteroatoms. The van der Waals surface area contributed by atoms with Crippen molar-refractivity contribution in [2.45, 2.75) is 0 Å². The van der Waals surface area contributed by atoms with E-state index in [1.807, 2.05) is 6.07 Å². The van der Waals surface area contributed by atoms with Crippen LogP contribution in [0.25, 0.3) is 0 Å². The van der Waals surface area contributed by atoms with E-state index in [2.05, 4.69) is 43.8 Å². The molecule has 0 fully saturated rings. The van der Waals surface area contributed by atoms with Gasteiger partial charge in [-0.3, -0.25) is 4.79 Å². The predicted molar refractivity (Wildman–Crippen MR) is 91.3 cm³/mol. The van der Waals surface area contributed by atoms with Crippen molar-refractivity contribution in [3.63, 3.8) is 0 Å². The highest BCUT2D eigenvalue weighted by atomic mass is 127. The van der Waals surface area contributed by atoms with Crippen LogP contribution in [0.5, 0.6) is 0 Å². The molecule has 0 saturated carbocycles.